The largest absolute Gasteiger partial charge is 0.455 e. The van der Waals surface area contributed by atoms with Crippen molar-refractivity contribution in [2.75, 3.05) is 11.9 Å². The normalized spacial score (nSPS) is 20.8. The first kappa shape index (κ1) is 20.4. The van der Waals surface area contributed by atoms with Crippen molar-refractivity contribution in [2.45, 2.75) is 32.1 Å². The summed E-state index contributed by atoms with van der Waals surface area (Å²) >= 11 is 6.09. The Balaban J connectivity index is 1.40. The number of carbonyl (C=O) groups is 3. The number of para-hydroxylation sites is 1. The first-order valence-corrected chi connectivity index (χ1v) is 10.6. The van der Waals surface area contributed by atoms with Crippen LogP contribution in [0.15, 0.2) is 48.5 Å². The Hall–Kier alpha value is -2.86. The third-order valence-electron chi connectivity index (χ3n) is 5.68. The molecule has 156 valence electrons. The molecular weight excluding hydrogens is 404 g/mol. The number of hydrogen-bond acceptors (Lipinski definition) is 4. The maximum Gasteiger partial charge on any atom is 0.233 e. The number of nitrogens with one attached hydrogen (secondary N) is 1. The number of nitrogens with zero attached hydrogens (tertiary/aromatic N) is 1. The zero-order valence-electron chi connectivity index (χ0n) is 16.5. The van der Waals surface area contributed by atoms with Gasteiger partial charge in [-0.3, -0.25) is 19.3 Å². The molecule has 0 spiro atoms. The lowest BCUT2D eigenvalue weighted by atomic mass is 9.81. The summed E-state index contributed by atoms with van der Waals surface area (Å²) in [5.41, 5.74) is 0.434. The molecule has 7 heteroatoms. The molecule has 6 nitrogen and oxygen atoms in total. The number of likely N-dealkylation sites (tertiary alicyclic amines) is 1. The number of carbonyl (C=O) groups excluding carboxylic acids is 3. The van der Waals surface area contributed by atoms with E-state index in [0.717, 1.165) is 25.7 Å². The van der Waals surface area contributed by atoms with Crippen LogP contribution in [0.5, 0.6) is 11.5 Å². The predicted octanol–water partition coefficient (Wildman–Crippen LogP) is 4.64. The predicted molar refractivity (Wildman–Crippen MR) is 113 cm³/mol. The van der Waals surface area contributed by atoms with Gasteiger partial charge in [0.1, 0.15) is 5.75 Å². The van der Waals surface area contributed by atoms with Crippen LogP contribution in [0.1, 0.15) is 32.1 Å². The fourth-order valence-electron chi connectivity index (χ4n) is 4.18. The van der Waals surface area contributed by atoms with E-state index < -0.39 is 0 Å². The molecule has 1 aliphatic carbocycles. The van der Waals surface area contributed by atoms with Gasteiger partial charge in [0.2, 0.25) is 17.7 Å². The van der Waals surface area contributed by atoms with Crippen molar-refractivity contribution in [3.05, 3.63) is 53.6 Å². The number of fused-ring (bicyclic) bond motifs is 1. The molecule has 2 fully saturated rings. The van der Waals surface area contributed by atoms with E-state index in [2.05, 4.69) is 5.32 Å². The van der Waals surface area contributed by atoms with Crippen LogP contribution in [0, 0.1) is 11.8 Å². The Bertz CT molecular complexity index is 939. The van der Waals surface area contributed by atoms with E-state index in [4.69, 9.17) is 16.3 Å². The number of rotatable bonds is 6. The highest BCUT2D eigenvalue weighted by Crippen LogP contribution is 2.38. The van der Waals surface area contributed by atoms with Crippen LogP contribution in [0.25, 0.3) is 0 Å². The molecule has 30 heavy (non-hydrogen) atoms. The molecule has 2 aliphatic rings. The highest BCUT2D eigenvalue weighted by Gasteiger charge is 2.47. The number of halogens is 1. The molecule has 2 aromatic rings. The Kier molecular flexibility index (Phi) is 6.04. The van der Waals surface area contributed by atoms with Crippen LogP contribution in [0.2, 0.25) is 5.02 Å². The van der Waals surface area contributed by atoms with Gasteiger partial charge in [0.25, 0.3) is 0 Å². The quantitative estimate of drug-likeness (QED) is 0.683. The van der Waals surface area contributed by atoms with E-state index in [1.54, 1.807) is 18.2 Å². The number of amides is 3. The Morgan fingerprint density at radius 3 is 2.37 bits per heavy atom. The number of ether oxygens (including phenoxy) is 1. The molecule has 0 radical (unpaired) electrons. The zero-order valence-corrected chi connectivity index (χ0v) is 17.2. The molecule has 1 saturated heterocycles. The SMILES string of the molecule is O=C(CCN1C(=O)[C@H]2CCCC[C@H]2C1=O)Nc1cc(Cl)ccc1Oc1ccccc1. The zero-order chi connectivity index (χ0) is 21.1. The molecule has 4 rings (SSSR count). The van der Waals surface area contributed by atoms with Crippen molar-refractivity contribution in [1.82, 2.24) is 4.90 Å². The lowest BCUT2D eigenvalue weighted by molar-refractivity contribution is -0.140. The summed E-state index contributed by atoms with van der Waals surface area (Å²) in [6.45, 7) is 0.0892. The number of benzene rings is 2. The minimum Gasteiger partial charge on any atom is -0.455 e. The van der Waals surface area contributed by atoms with E-state index in [9.17, 15) is 14.4 Å². The highest BCUT2D eigenvalue weighted by molar-refractivity contribution is 6.31. The maximum absolute atomic E-state index is 12.6. The van der Waals surface area contributed by atoms with Crippen molar-refractivity contribution in [1.29, 1.82) is 0 Å². The Morgan fingerprint density at radius 1 is 1.03 bits per heavy atom. The van der Waals surface area contributed by atoms with Gasteiger partial charge >= 0.3 is 0 Å². The molecule has 0 unspecified atom stereocenters. The van der Waals surface area contributed by atoms with Crippen LogP contribution >= 0.6 is 11.6 Å². The number of imide groups is 1. The minimum atomic E-state index is -0.314. The molecule has 0 aromatic heterocycles. The molecular formula is C23H23ClN2O4. The van der Waals surface area contributed by atoms with Crippen molar-refractivity contribution >= 4 is 35.0 Å². The van der Waals surface area contributed by atoms with Crippen LogP contribution in [-0.4, -0.2) is 29.2 Å². The minimum absolute atomic E-state index is 0.0220. The van der Waals surface area contributed by atoms with E-state index >= 15 is 0 Å². The van der Waals surface area contributed by atoms with Crippen LogP contribution in [0.3, 0.4) is 0 Å². The summed E-state index contributed by atoms with van der Waals surface area (Å²) in [5.74, 6) is 0.109. The summed E-state index contributed by atoms with van der Waals surface area (Å²) in [7, 11) is 0. The van der Waals surface area contributed by atoms with Gasteiger partial charge in [0.05, 0.1) is 17.5 Å². The standard InChI is InChI=1S/C23H23ClN2O4/c24-15-10-11-20(30-16-6-2-1-3-7-16)19(14-15)25-21(27)12-13-26-22(28)17-8-4-5-9-18(17)23(26)29/h1-3,6-7,10-11,14,17-18H,4-5,8-9,12-13H2,(H,25,27)/t17-,18+. The Morgan fingerprint density at radius 2 is 1.70 bits per heavy atom. The lowest BCUT2D eigenvalue weighted by Gasteiger charge is -2.19. The van der Waals surface area contributed by atoms with Crippen LogP contribution < -0.4 is 10.1 Å². The maximum atomic E-state index is 12.6. The average molecular weight is 427 g/mol. The van der Waals surface area contributed by atoms with Gasteiger partial charge in [-0.15, -0.1) is 0 Å². The molecule has 1 N–H and O–H groups in total. The highest BCUT2D eigenvalue weighted by atomic mass is 35.5. The van der Waals surface area contributed by atoms with E-state index in [-0.39, 0.29) is 42.5 Å². The molecule has 3 amide bonds. The first-order chi connectivity index (χ1) is 14.5. The lowest BCUT2D eigenvalue weighted by Crippen LogP contribution is -2.34. The van der Waals surface area contributed by atoms with Crippen molar-refractivity contribution in [3.8, 4) is 11.5 Å². The second-order valence-electron chi connectivity index (χ2n) is 7.68. The average Bonchev–Trinajstić information content (AvgIpc) is 2.99. The van der Waals surface area contributed by atoms with Crippen molar-refractivity contribution < 1.29 is 19.1 Å². The molecule has 2 atom stereocenters. The fraction of sp³-hybridized carbons (Fsp3) is 0.348. The number of anilines is 1. The van der Waals surface area contributed by atoms with Gasteiger partial charge in [0, 0.05) is 18.0 Å². The van der Waals surface area contributed by atoms with Crippen LogP contribution in [0.4, 0.5) is 5.69 Å². The second kappa shape index (κ2) is 8.88. The molecule has 1 aliphatic heterocycles. The summed E-state index contributed by atoms with van der Waals surface area (Å²) in [5, 5.41) is 3.25. The van der Waals surface area contributed by atoms with E-state index in [1.807, 2.05) is 30.3 Å². The van der Waals surface area contributed by atoms with Crippen molar-refractivity contribution in [2.24, 2.45) is 11.8 Å². The van der Waals surface area contributed by atoms with Gasteiger partial charge < -0.3 is 10.1 Å². The van der Waals surface area contributed by atoms with Gasteiger partial charge in [-0.05, 0) is 43.2 Å². The fourth-order valence-corrected chi connectivity index (χ4v) is 4.35. The van der Waals surface area contributed by atoms with E-state index in [1.165, 1.54) is 4.90 Å². The smallest absolute Gasteiger partial charge is 0.233 e. The first-order valence-electron chi connectivity index (χ1n) is 10.2. The topological polar surface area (TPSA) is 75.7 Å². The monoisotopic (exact) mass is 426 g/mol. The van der Waals surface area contributed by atoms with Crippen molar-refractivity contribution in [3.63, 3.8) is 0 Å². The molecule has 1 heterocycles. The summed E-state index contributed by atoms with van der Waals surface area (Å²) in [6, 6.07) is 14.2. The van der Waals surface area contributed by atoms with Gasteiger partial charge in [-0.2, -0.15) is 0 Å². The van der Waals surface area contributed by atoms with Gasteiger partial charge in [-0.1, -0.05) is 42.6 Å². The summed E-state index contributed by atoms with van der Waals surface area (Å²) in [6.07, 6.45) is 3.51. The van der Waals surface area contributed by atoms with Gasteiger partial charge in [0.15, 0.2) is 5.75 Å². The third kappa shape index (κ3) is 4.33. The molecule has 1 saturated carbocycles. The summed E-state index contributed by atoms with van der Waals surface area (Å²) < 4.78 is 5.85. The summed E-state index contributed by atoms with van der Waals surface area (Å²) in [4.78, 5) is 38.9. The third-order valence-corrected chi connectivity index (χ3v) is 5.92. The van der Waals surface area contributed by atoms with Gasteiger partial charge in [-0.25, -0.2) is 0 Å². The van der Waals surface area contributed by atoms with E-state index in [0.29, 0.717) is 22.2 Å². The van der Waals surface area contributed by atoms with Crippen LogP contribution in [-0.2, 0) is 14.4 Å². The molecule has 0 bridgehead atoms. The second-order valence-corrected chi connectivity index (χ2v) is 8.12. The molecule has 2 aromatic carbocycles. The Labute approximate surface area is 180 Å². The number of hydrogen-bond donors (Lipinski definition) is 1.